The van der Waals surface area contributed by atoms with Gasteiger partial charge in [-0.1, -0.05) is 30.3 Å². The third kappa shape index (κ3) is 3.26. The van der Waals surface area contributed by atoms with Gasteiger partial charge in [-0.25, -0.2) is 4.79 Å². The number of benzene rings is 2. The minimum absolute atomic E-state index is 0.0865. The molecule has 0 amide bonds. The number of hydrogen-bond acceptors (Lipinski definition) is 3. The second-order valence-electron chi connectivity index (χ2n) is 7.05. The maximum Gasteiger partial charge on any atom is 0.353 e. The third-order valence-corrected chi connectivity index (χ3v) is 5.34. The van der Waals surface area contributed by atoms with Crippen molar-refractivity contribution in [2.24, 2.45) is 5.92 Å². The van der Waals surface area contributed by atoms with Crippen molar-refractivity contribution in [2.45, 2.75) is 19.3 Å². The van der Waals surface area contributed by atoms with E-state index in [9.17, 15) is 14.7 Å². The van der Waals surface area contributed by atoms with Crippen LogP contribution >= 0.6 is 0 Å². The number of rotatable bonds is 4. The molecule has 1 aliphatic heterocycles. The molecule has 5 heteroatoms. The van der Waals surface area contributed by atoms with Crippen LogP contribution in [0.3, 0.4) is 0 Å². The van der Waals surface area contributed by atoms with Gasteiger partial charge in [0.25, 0.3) is 0 Å². The Kier molecular flexibility index (Phi) is 4.77. The predicted molar refractivity (Wildman–Crippen MR) is 106 cm³/mol. The van der Waals surface area contributed by atoms with Gasteiger partial charge in [0.15, 0.2) is 5.43 Å². The molecule has 2 heterocycles. The summed E-state index contributed by atoms with van der Waals surface area (Å²) in [5.74, 6) is -0.743. The second-order valence-corrected chi connectivity index (χ2v) is 7.05. The summed E-state index contributed by atoms with van der Waals surface area (Å²) in [5, 5.41) is 13.9. The average molecular weight is 362 g/mol. The van der Waals surface area contributed by atoms with E-state index in [1.807, 2.05) is 48.5 Å². The van der Waals surface area contributed by atoms with Crippen molar-refractivity contribution in [1.29, 1.82) is 0 Å². The lowest BCUT2D eigenvalue weighted by atomic mass is 9.89. The van der Waals surface area contributed by atoms with Crippen LogP contribution in [0.15, 0.2) is 59.4 Å². The lowest BCUT2D eigenvalue weighted by Gasteiger charge is -2.24. The SMILES string of the molecule is O=C(O)c1c(CC2CCNCC2)c(=O)c2ccccc2n1-c1ccccc1. The van der Waals surface area contributed by atoms with Gasteiger partial charge in [-0.05, 0) is 62.5 Å². The Bertz CT molecular complexity index is 1030. The van der Waals surface area contributed by atoms with E-state index in [4.69, 9.17) is 0 Å². The first-order chi connectivity index (χ1) is 13.2. The number of nitrogens with zero attached hydrogens (tertiary/aromatic N) is 1. The summed E-state index contributed by atoms with van der Waals surface area (Å²) in [6.07, 6.45) is 2.41. The molecule has 3 aromatic rings. The number of carboxylic acids is 1. The van der Waals surface area contributed by atoms with E-state index in [1.54, 1.807) is 10.6 Å². The van der Waals surface area contributed by atoms with Gasteiger partial charge in [0.05, 0.1) is 5.52 Å². The first-order valence-electron chi connectivity index (χ1n) is 9.33. The van der Waals surface area contributed by atoms with Crippen LogP contribution < -0.4 is 10.7 Å². The average Bonchev–Trinajstić information content (AvgIpc) is 2.71. The van der Waals surface area contributed by atoms with E-state index in [0.29, 0.717) is 28.8 Å². The molecule has 138 valence electrons. The molecular weight excluding hydrogens is 340 g/mol. The van der Waals surface area contributed by atoms with E-state index in [2.05, 4.69) is 5.32 Å². The maximum atomic E-state index is 13.2. The highest BCUT2D eigenvalue weighted by Crippen LogP contribution is 2.25. The summed E-state index contributed by atoms with van der Waals surface area (Å²) in [7, 11) is 0. The fourth-order valence-electron chi connectivity index (χ4n) is 4.02. The van der Waals surface area contributed by atoms with Gasteiger partial charge in [-0.2, -0.15) is 0 Å². The van der Waals surface area contributed by atoms with Crippen molar-refractivity contribution in [3.63, 3.8) is 0 Å². The van der Waals surface area contributed by atoms with Gasteiger partial charge in [0.1, 0.15) is 5.69 Å². The Morgan fingerprint density at radius 2 is 1.70 bits per heavy atom. The topological polar surface area (TPSA) is 71.3 Å². The predicted octanol–water partition coefficient (Wildman–Crippen LogP) is 3.23. The lowest BCUT2D eigenvalue weighted by molar-refractivity contribution is 0.0686. The van der Waals surface area contributed by atoms with Gasteiger partial charge in [-0.3, -0.25) is 4.79 Å². The van der Waals surface area contributed by atoms with Gasteiger partial charge < -0.3 is 15.0 Å². The molecule has 0 bridgehead atoms. The summed E-state index contributed by atoms with van der Waals surface area (Å²) in [4.78, 5) is 25.5. The minimum Gasteiger partial charge on any atom is -0.477 e. The molecule has 2 aromatic carbocycles. The number of pyridine rings is 1. The molecule has 27 heavy (non-hydrogen) atoms. The number of carbonyl (C=O) groups is 1. The monoisotopic (exact) mass is 362 g/mol. The standard InChI is InChI=1S/C22H22N2O3/c25-21-17-8-4-5-9-19(17)24(16-6-2-1-3-7-16)20(22(26)27)18(21)14-15-10-12-23-13-11-15/h1-9,15,23H,10-14H2,(H,26,27). The van der Waals surface area contributed by atoms with Crippen LogP contribution in [0, 0.1) is 5.92 Å². The Morgan fingerprint density at radius 1 is 1.04 bits per heavy atom. The van der Waals surface area contributed by atoms with Crippen LogP contribution in [-0.2, 0) is 6.42 Å². The highest BCUT2D eigenvalue weighted by atomic mass is 16.4. The van der Waals surface area contributed by atoms with E-state index < -0.39 is 5.97 Å². The van der Waals surface area contributed by atoms with Gasteiger partial charge in [-0.15, -0.1) is 0 Å². The van der Waals surface area contributed by atoms with Gasteiger partial charge >= 0.3 is 5.97 Å². The molecular formula is C22H22N2O3. The summed E-state index contributed by atoms with van der Waals surface area (Å²) in [6, 6.07) is 16.6. The molecule has 4 rings (SSSR count). The Hall–Kier alpha value is -2.92. The van der Waals surface area contributed by atoms with Crippen molar-refractivity contribution in [3.05, 3.63) is 76.1 Å². The van der Waals surface area contributed by atoms with Crippen LogP contribution in [-0.4, -0.2) is 28.7 Å². The molecule has 5 nitrogen and oxygen atoms in total. The van der Waals surface area contributed by atoms with Gasteiger partial charge in [0, 0.05) is 16.6 Å². The van der Waals surface area contributed by atoms with Crippen LogP contribution in [0.2, 0.25) is 0 Å². The summed E-state index contributed by atoms with van der Waals surface area (Å²) in [6.45, 7) is 1.82. The van der Waals surface area contributed by atoms with E-state index in [0.717, 1.165) is 31.6 Å². The number of hydrogen-bond donors (Lipinski definition) is 2. The zero-order valence-electron chi connectivity index (χ0n) is 15.0. The number of para-hydroxylation sites is 2. The Labute approximate surface area is 157 Å². The Morgan fingerprint density at radius 3 is 2.41 bits per heavy atom. The molecule has 0 atom stereocenters. The smallest absolute Gasteiger partial charge is 0.353 e. The first kappa shape index (κ1) is 17.5. The van der Waals surface area contributed by atoms with Crippen molar-refractivity contribution in [2.75, 3.05) is 13.1 Å². The summed E-state index contributed by atoms with van der Waals surface area (Å²) >= 11 is 0. The fourth-order valence-corrected chi connectivity index (χ4v) is 4.02. The van der Waals surface area contributed by atoms with Crippen LogP contribution in [0.5, 0.6) is 0 Å². The Balaban J connectivity index is 2.01. The molecule has 1 fully saturated rings. The number of nitrogens with one attached hydrogen (secondary N) is 1. The van der Waals surface area contributed by atoms with Crippen LogP contribution in [0.25, 0.3) is 16.6 Å². The molecule has 0 saturated carbocycles. The van der Waals surface area contributed by atoms with Crippen molar-refractivity contribution in [3.8, 4) is 5.69 Å². The molecule has 0 spiro atoms. The molecule has 1 saturated heterocycles. The second kappa shape index (κ2) is 7.37. The summed E-state index contributed by atoms with van der Waals surface area (Å²) < 4.78 is 1.72. The third-order valence-electron chi connectivity index (χ3n) is 5.34. The molecule has 0 unspecified atom stereocenters. The van der Waals surface area contributed by atoms with Gasteiger partial charge in [0.2, 0.25) is 0 Å². The molecule has 1 aliphatic rings. The lowest BCUT2D eigenvalue weighted by Crippen LogP contribution is -2.31. The zero-order chi connectivity index (χ0) is 18.8. The highest BCUT2D eigenvalue weighted by molar-refractivity contribution is 5.94. The van der Waals surface area contributed by atoms with Crippen LogP contribution in [0.4, 0.5) is 0 Å². The van der Waals surface area contributed by atoms with E-state index in [-0.39, 0.29) is 11.1 Å². The maximum absolute atomic E-state index is 13.2. The molecule has 0 aliphatic carbocycles. The zero-order valence-corrected chi connectivity index (χ0v) is 15.0. The van der Waals surface area contributed by atoms with Crippen molar-refractivity contribution >= 4 is 16.9 Å². The first-order valence-corrected chi connectivity index (χ1v) is 9.33. The number of aromatic nitrogens is 1. The molecule has 1 aromatic heterocycles. The fraction of sp³-hybridized carbons (Fsp3) is 0.273. The largest absolute Gasteiger partial charge is 0.477 e. The normalized spacial score (nSPS) is 15.1. The highest BCUT2D eigenvalue weighted by Gasteiger charge is 2.25. The van der Waals surface area contributed by atoms with E-state index >= 15 is 0 Å². The number of aromatic carboxylic acids is 1. The number of piperidine rings is 1. The number of carboxylic acid groups (broad SMARTS) is 1. The molecule has 2 N–H and O–H groups in total. The summed E-state index contributed by atoms with van der Waals surface area (Å²) in [5.41, 5.74) is 1.71. The van der Waals surface area contributed by atoms with Crippen molar-refractivity contribution in [1.82, 2.24) is 9.88 Å². The quantitative estimate of drug-likeness (QED) is 0.747. The molecule has 0 radical (unpaired) electrons. The van der Waals surface area contributed by atoms with Crippen molar-refractivity contribution < 1.29 is 9.90 Å². The van der Waals surface area contributed by atoms with E-state index in [1.165, 1.54) is 0 Å². The number of fused-ring (bicyclic) bond motifs is 1. The minimum atomic E-state index is -1.06. The van der Waals surface area contributed by atoms with Crippen LogP contribution in [0.1, 0.15) is 28.9 Å².